The summed E-state index contributed by atoms with van der Waals surface area (Å²) in [6, 6.07) is 25.3. The molecule has 7 nitrogen and oxygen atoms in total. The predicted octanol–water partition coefficient (Wildman–Crippen LogP) is 5.31. The summed E-state index contributed by atoms with van der Waals surface area (Å²) in [5.41, 5.74) is 9.03. The second-order valence-corrected chi connectivity index (χ2v) is 11.3. The minimum absolute atomic E-state index is 0.0623. The van der Waals surface area contributed by atoms with Crippen molar-refractivity contribution in [3.8, 4) is 0 Å². The standard InChI is InChI=1S/C32H38N4O3/c1-22-12-11-17-26(18-22)36(31(33)39)28-20-25(23-13-7-5-8-14-23)19-27(24-15-9-6-10-16-24)35(30(28)38)21-29(37)34-32(2,3)4/h5-18,25,27-28H,19-21H2,1-4H3,(H2,33,39)(H,34,37). The summed E-state index contributed by atoms with van der Waals surface area (Å²) >= 11 is 0. The predicted molar refractivity (Wildman–Crippen MR) is 154 cm³/mol. The lowest BCUT2D eigenvalue weighted by Crippen LogP contribution is -2.55. The first-order chi connectivity index (χ1) is 18.5. The van der Waals surface area contributed by atoms with Crippen LogP contribution >= 0.6 is 0 Å². The molecular weight excluding hydrogens is 488 g/mol. The molecular formula is C32H38N4O3. The molecule has 4 rings (SSSR count). The number of rotatable bonds is 6. The van der Waals surface area contributed by atoms with Crippen molar-refractivity contribution in [1.82, 2.24) is 10.2 Å². The molecule has 0 bridgehead atoms. The molecule has 0 spiro atoms. The maximum absolute atomic E-state index is 14.5. The zero-order valence-electron chi connectivity index (χ0n) is 23.1. The van der Waals surface area contributed by atoms with E-state index in [4.69, 9.17) is 5.73 Å². The SMILES string of the molecule is Cc1cccc(N(C(N)=O)C2CC(c3ccccc3)CC(c3ccccc3)N(CC(=O)NC(C)(C)C)C2=O)c1. The molecule has 0 saturated carbocycles. The van der Waals surface area contributed by atoms with Crippen LogP contribution in [0.3, 0.4) is 0 Å². The minimum Gasteiger partial charge on any atom is -0.351 e. The van der Waals surface area contributed by atoms with Crippen LogP contribution in [-0.4, -0.2) is 40.9 Å². The average Bonchev–Trinajstić information content (AvgIpc) is 3.01. The van der Waals surface area contributed by atoms with E-state index < -0.39 is 17.6 Å². The molecule has 1 heterocycles. The van der Waals surface area contributed by atoms with Crippen molar-refractivity contribution in [2.45, 2.75) is 64.1 Å². The van der Waals surface area contributed by atoms with Crippen LogP contribution < -0.4 is 16.0 Å². The van der Waals surface area contributed by atoms with Crippen LogP contribution in [0.1, 0.15) is 62.3 Å². The summed E-state index contributed by atoms with van der Waals surface area (Å²) in [7, 11) is 0. The van der Waals surface area contributed by atoms with Gasteiger partial charge in [0.2, 0.25) is 11.8 Å². The van der Waals surface area contributed by atoms with E-state index >= 15 is 0 Å². The first kappa shape index (κ1) is 27.9. The van der Waals surface area contributed by atoms with Gasteiger partial charge in [0.1, 0.15) is 12.6 Å². The van der Waals surface area contributed by atoms with Crippen LogP contribution in [0.25, 0.3) is 0 Å². The molecule has 3 aromatic rings. The van der Waals surface area contributed by atoms with Gasteiger partial charge in [-0.2, -0.15) is 0 Å². The van der Waals surface area contributed by atoms with E-state index in [1.165, 1.54) is 4.90 Å². The number of nitrogens with zero attached hydrogens (tertiary/aromatic N) is 2. The molecule has 3 atom stereocenters. The number of primary amides is 1. The number of urea groups is 1. The van der Waals surface area contributed by atoms with Crippen molar-refractivity contribution in [1.29, 1.82) is 0 Å². The van der Waals surface area contributed by atoms with Crippen molar-refractivity contribution in [3.05, 3.63) is 102 Å². The number of nitrogens with two attached hydrogens (primary N) is 1. The highest BCUT2D eigenvalue weighted by molar-refractivity contribution is 6.00. The molecule has 1 aliphatic rings. The number of hydrogen-bond donors (Lipinski definition) is 2. The Morgan fingerprint density at radius 3 is 2.10 bits per heavy atom. The van der Waals surface area contributed by atoms with Gasteiger partial charge in [0.05, 0.1) is 6.04 Å². The van der Waals surface area contributed by atoms with E-state index in [-0.39, 0.29) is 30.3 Å². The van der Waals surface area contributed by atoms with E-state index in [2.05, 4.69) is 17.4 Å². The van der Waals surface area contributed by atoms with Gasteiger partial charge in [0.25, 0.3) is 0 Å². The molecule has 0 aliphatic carbocycles. The molecule has 1 saturated heterocycles. The van der Waals surface area contributed by atoms with Crippen molar-refractivity contribution >= 4 is 23.5 Å². The lowest BCUT2D eigenvalue weighted by Gasteiger charge is -2.35. The number of hydrogen-bond acceptors (Lipinski definition) is 3. The normalized spacial score (nSPS) is 19.7. The molecule has 204 valence electrons. The number of aryl methyl sites for hydroxylation is 1. The van der Waals surface area contributed by atoms with Crippen LogP contribution in [0.4, 0.5) is 10.5 Å². The highest BCUT2D eigenvalue weighted by atomic mass is 16.2. The zero-order valence-corrected chi connectivity index (χ0v) is 23.1. The van der Waals surface area contributed by atoms with Gasteiger partial charge in [-0.05, 0) is 75.3 Å². The van der Waals surface area contributed by atoms with Crippen LogP contribution in [0, 0.1) is 6.92 Å². The number of carbonyl (C=O) groups excluding carboxylic acids is 3. The molecule has 0 aromatic heterocycles. The second-order valence-electron chi connectivity index (χ2n) is 11.3. The number of carbonyl (C=O) groups is 3. The van der Waals surface area contributed by atoms with Gasteiger partial charge >= 0.3 is 6.03 Å². The number of nitrogens with one attached hydrogen (secondary N) is 1. The Morgan fingerprint density at radius 1 is 0.923 bits per heavy atom. The van der Waals surface area contributed by atoms with E-state index in [0.29, 0.717) is 18.5 Å². The molecule has 3 unspecified atom stereocenters. The fraction of sp³-hybridized carbons (Fsp3) is 0.344. The van der Waals surface area contributed by atoms with Crippen LogP contribution in [0.5, 0.6) is 0 Å². The Balaban J connectivity index is 1.85. The molecule has 0 radical (unpaired) electrons. The summed E-state index contributed by atoms with van der Waals surface area (Å²) in [5, 5.41) is 2.99. The van der Waals surface area contributed by atoms with Crippen LogP contribution in [0.2, 0.25) is 0 Å². The summed E-state index contributed by atoms with van der Waals surface area (Å²) in [6.45, 7) is 7.52. The number of benzene rings is 3. The topological polar surface area (TPSA) is 95.7 Å². The van der Waals surface area contributed by atoms with Crippen molar-refractivity contribution in [3.63, 3.8) is 0 Å². The fourth-order valence-corrected chi connectivity index (χ4v) is 5.45. The Kier molecular flexibility index (Phi) is 8.38. The maximum Gasteiger partial charge on any atom is 0.320 e. The lowest BCUT2D eigenvalue weighted by atomic mass is 9.86. The van der Waals surface area contributed by atoms with Gasteiger partial charge in [-0.1, -0.05) is 72.8 Å². The molecule has 3 N–H and O–H groups in total. The third-order valence-corrected chi connectivity index (χ3v) is 7.07. The Hall–Kier alpha value is -4.13. The quantitative estimate of drug-likeness (QED) is 0.456. The van der Waals surface area contributed by atoms with Gasteiger partial charge < -0.3 is 16.0 Å². The van der Waals surface area contributed by atoms with Gasteiger partial charge in [-0.15, -0.1) is 0 Å². The van der Waals surface area contributed by atoms with Crippen molar-refractivity contribution in [2.75, 3.05) is 11.4 Å². The summed E-state index contributed by atoms with van der Waals surface area (Å²) in [6.07, 6.45) is 0.972. The maximum atomic E-state index is 14.5. The fourth-order valence-electron chi connectivity index (χ4n) is 5.45. The molecule has 1 fully saturated rings. The van der Waals surface area contributed by atoms with Crippen LogP contribution in [0.15, 0.2) is 84.9 Å². The number of likely N-dealkylation sites (tertiary alicyclic amines) is 1. The first-order valence-corrected chi connectivity index (χ1v) is 13.4. The summed E-state index contributed by atoms with van der Waals surface area (Å²) in [5.74, 6) is -0.616. The molecule has 7 heteroatoms. The van der Waals surface area contributed by atoms with Gasteiger partial charge in [-0.3, -0.25) is 14.5 Å². The summed E-state index contributed by atoms with van der Waals surface area (Å²) in [4.78, 5) is 43.7. The monoisotopic (exact) mass is 526 g/mol. The van der Waals surface area contributed by atoms with E-state index in [1.54, 1.807) is 11.0 Å². The highest BCUT2D eigenvalue weighted by Gasteiger charge is 2.43. The second kappa shape index (κ2) is 11.7. The molecule has 39 heavy (non-hydrogen) atoms. The smallest absolute Gasteiger partial charge is 0.320 e. The highest BCUT2D eigenvalue weighted by Crippen LogP contribution is 2.41. The average molecular weight is 527 g/mol. The molecule has 1 aliphatic heterocycles. The van der Waals surface area contributed by atoms with E-state index in [1.807, 2.05) is 94.4 Å². The molecule has 4 amide bonds. The van der Waals surface area contributed by atoms with Gasteiger partial charge in [0.15, 0.2) is 0 Å². The van der Waals surface area contributed by atoms with Crippen molar-refractivity contribution < 1.29 is 14.4 Å². The Morgan fingerprint density at radius 2 is 1.54 bits per heavy atom. The third kappa shape index (κ3) is 6.85. The van der Waals surface area contributed by atoms with Gasteiger partial charge in [0, 0.05) is 11.2 Å². The van der Waals surface area contributed by atoms with Crippen molar-refractivity contribution in [2.24, 2.45) is 5.73 Å². The number of amides is 4. The van der Waals surface area contributed by atoms with Gasteiger partial charge in [-0.25, -0.2) is 4.79 Å². The Bertz CT molecular complexity index is 1300. The molecule has 3 aromatic carbocycles. The summed E-state index contributed by atoms with van der Waals surface area (Å²) < 4.78 is 0. The Labute approximate surface area is 231 Å². The first-order valence-electron chi connectivity index (χ1n) is 13.4. The third-order valence-electron chi connectivity index (χ3n) is 7.07. The lowest BCUT2D eigenvalue weighted by molar-refractivity contribution is -0.139. The minimum atomic E-state index is -0.884. The largest absolute Gasteiger partial charge is 0.351 e. The van der Waals surface area contributed by atoms with E-state index in [9.17, 15) is 14.4 Å². The number of anilines is 1. The van der Waals surface area contributed by atoms with E-state index in [0.717, 1.165) is 16.7 Å². The van der Waals surface area contributed by atoms with Crippen LogP contribution in [-0.2, 0) is 9.59 Å². The zero-order chi connectivity index (χ0) is 28.2.